The van der Waals surface area contributed by atoms with Gasteiger partial charge in [0.05, 0.1) is 26.4 Å². The number of ketones is 1. The molecule has 312 valence electrons. The van der Waals surface area contributed by atoms with Gasteiger partial charge in [0.1, 0.15) is 16.7 Å². The molecular weight excluding hydrogens is 738 g/mol. The minimum absolute atomic E-state index is 0.0394. The number of nitrogens with zero attached hydrogens (tertiary/aromatic N) is 2. The maximum Gasteiger partial charge on any atom is 0.373 e. The van der Waals surface area contributed by atoms with Gasteiger partial charge >= 0.3 is 30.2 Å². The minimum atomic E-state index is -0.603. The highest BCUT2D eigenvalue weighted by Crippen LogP contribution is 2.11. The van der Waals surface area contributed by atoms with Crippen LogP contribution in [0.5, 0.6) is 0 Å². The summed E-state index contributed by atoms with van der Waals surface area (Å²) in [5, 5.41) is 0. The van der Waals surface area contributed by atoms with Crippen LogP contribution in [0.15, 0.2) is 33.8 Å². The Bertz CT molecular complexity index is 1750. The first-order valence-corrected chi connectivity index (χ1v) is 17.4. The highest BCUT2D eigenvalue weighted by atomic mass is 16.7. The summed E-state index contributed by atoms with van der Waals surface area (Å²) in [7, 11) is 6.59. The molecular formula is C38H55N3O15. The Balaban J connectivity index is -0.000000716. The van der Waals surface area contributed by atoms with Crippen molar-refractivity contribution in [3.8, 4) is 0 Å². The maximum absolute atomic E-state index is 12.3. The lowest BCUT2D eigenvalue weighted by molar-refractivity contribution is -0.193. The van der Waals surface area contributed by atoms with Crippen molar-refractivity contribution in [2.45, 2.75) is 87.5 Å². The molecule has 2 heterocycles. The second-order valence-corrected chi connectivity index (χ2v) is 11.0. The van der Waals surface area contributed by atoms with E-state index in [9.17, 15) is 28.8 Å². The highest BCUT2D eigenvalue weighted by Gasteiger charge is 2.20. The molecule has 0 atom stereocenters. The Kier molecular flexibility index (Phi) is 30.7. The van der Waals surface area contributed by atoms with Crippen LogP contribution in [0.3, 0.4) is 0 Å². The Hall–Kier alpha value is -5.80. The van der Waals surface area contributed by atoms with Gasteiger partial charge < -0.3 is 38.1 Å². The summed E-state index contributed by atoms with van der Waals surface area (Å²) in [5.74, 6) is -1.91. The molecule has 0 fully saturated rings. The van der Waals surface area contributed by atoms with Crippen molar-refractivity contribution >= 4 is 36.0 Å². The zero-order chi connectivity index (χ0) is 44.0. The van der Waals surface area contributed by atoms with Gasteiger partial charge in [-0.15, -0.1) is 0 Å². The summed E-state index contributed by atoms with van der Waals surface area (Å²) < 4.78 is 26.7. The van der Waals surface area contributed by atoms with E-state index in [-0.39, 0.29) is 65.5 Å². The summed E-state index contributed by atoms with van der Waals surface area (Å²) in [4.78, 5) is 107. The predicted octanol–water partition coefficient (Wildman–Crippen LogP) is 2.74. The molecule has 0 radical (unpaired) electrons. The number of aryl methyl sites for hydroxylation is 1. The van der Waals surface area contributed by atoms with E-state index >= 15 is 0 Å². The van der Waals surface area contributed by atoms with Crippen molar-refractivity contribution in [3.63, 3.8) is 0 Å². The summed E-state index contributed by atoms with van der Waals surface area (Å²) in [6, 6.07) is 0. The molecule has 0 amide bonds. The first kappa shape index (κ1) is 54.5. The number of Topliss-reactive ketones (excluding diaryl/α,β-unsaturated/α-hetero) is 1. The van der Waals surface area contributed by atoms with Gasteiger partial charge in [-0.1, -0.05) is 20.8 Å². The van der Waals surface area contributed by atoms with Gasteiger partial charge in [-0.05, 0) is 47.5 Å². The van der Waals surface area contributed by atoms with Gasteiger partial charge in [-0.3, -0.25) is 14.4 Å². The molecule has 0 spiro atoms. The smallest absolute Gasteiger partial charge is 0.373 e. The third-order valence-electron chi connectivity index (χ3n) is 7.13. The number of carbonyl (C=O) groups excluding carboxylic acids is 8. The SMILES string of the molecule is CCOC(=O)/C(=C\N(C)C)C(=O)CC.CCOC(=O)c1c[nH]c(CC)c(C)c1=O.CCOC(=O)c1cn(CC(OC)OC)c(CC)c(C)c1=O.O=C=O.O=C=O. The van der Waals surface area contributed by atoms with Crippen LogP contribution in [0.25, 0.3) is 0 Å². The molecule has 0 unspecified atom stereocenters. The van der Waals surface area contributed by atoms with E-state index in [1.54, 1.807) is 74.8 Å². The summed E-state index contributed by atoms with van der Waals surface area (Å²) in [5.41, 5.74) is 2.54. The van der Waals surface area contributed by atoms with Crippen LogP contribution < -0.4 is 10.9 Å². The summed E-state index contributed by atoms with van der Waals surface area (Å²) in [6.07, 6.45) is 6.20. The van der Waals surface area contributed by atoms with Crippen LogP contribution in [0.4, 0.5) is 0 Å². The van der Waals surface area contributed by atoms with E-state index in [2.05, 4.69) is 4.98 Å². The van der Waals surface area contributed by atoms with E-state index in [1.165, 1.54) is 18.6 Å². The standard InChI is InChI=1S/C15H23NO5.C11H15NO3.C10H17NO3.2CO2/c1-6-12-10(3)14(17)11(15(18)21-7-2)8-16(12)9-13(19-4)20-5;1-4-9-7(3)10(13)8(6-12-9)11(14)15-5-2;1-5-9(12)8(7-11(3)4)10(13)14-6-2;2*2-1-3/h8,13H,6-7,9H2,1-5H3;6H,4-5H2,1-3H3,(H,12,13);7H,5-6H2,1-4H3;;/b;;8-7-;;. The maximum atomic E-state index is 12.3. The van der Waals surface area contributed by atoms with Gasteiger partial charge in [-0.2, -0.15) is 19.2 Å². The van der Waals surface area contributed by atoms with Crippen molar-refractivity contribution in [3.05, 3.63) is 78.3 Å². The van der Waals surface area contributed by atoms with Gasteiger partial charge in [-0.25, -0.2) is 14.4 Å². The van der Waals surface area contributed by atoms with Crippen LogP contribution in [0.2, 0.25) is 0 Å². The molecule has 0 aliphatic rings. The molecule has 0 saturated heterocycles. The van der Waals surface area contributed by atoms with Crippen LogP contribution in [0.1, 0.15) is 91.2 Å². The summed E-state index contributed by atoms with van der Waals surface area (Å²) in [6.45, 7) is 15.3. The van der Waals surface area contributed by atoms with Gasteiger partial charge in [0, 0.05) is 75.8 Å². The number of H-pyrrole nitrogens is 1. The van der Waals surface area contributed by atoms with E-state index < -0.39 is 24.2 Å². The third-order valence-corrected chi connectivity index (χ3v) is 7.13. The quantitative estimate of drug-likeness (QED) is 0.0681. The number of aromatic nitrogens is 2. The molecule has 0 bridgehead atoms. The number of ether oxygens (including phenoxy) is 5. The van der Waals surface area contributed by atoms with Crippen molar-refractivity contribution in [2.24, 2.45) is 0 Å². The van der Waals surface area contributed by atoms with Gasteiger partial charge in [0.2, 0.25) is 0 Å². The monoisotopic (exact) mass is 793 g/mol. The van der Waals surface area contributed by atoms with E-state index in [0.717, 1.165) is 17.8 Å². The van der Waals surface area contributed by atoms with E-state index in [4.69, 9.17) is 42.9 Å². The number of hydrogen-bond donors (Lipinski definition) is 1. The number of aromatic amines is 1. The number of nitrogens with one attached hydrogen (secondary N) is 1. The fourth-order valence-electron chi connectivity index (χ4n) is 4.53. The first-order valence-electron chi connectivity index (χ1n) is 17.4. The Labute approximate surface area is 326 Å². The topological polar surface area (TPSA) is 241 Å². The molecule has 2 aromatic rings. The normalized spacial score (nSPS) is 9.84. The Morgan fingerprint density at radius 3 is 1.62 bits per heavy atom. The molecule has 0 aliphatic heterocycles. The molecule has 0 saturated carbocycles. The molecule has 56 heavy (non-hydrogen) atoms. The second-order valence-electron chi connectivity index (χ2n) is 11.0. The lowest BCUT2D eigenvalue weighted by Crippen LogP contribution is -2.29. The highest BCUT2D eigenvalue weighted by molar-refractivity contribution is 6.17. The lowest BCUT2D eigenvalue weighted by Gasteiger charge is -2.20. The Morgan fingerprint density at radius 2 is 1.23 bits per heavy atom. The molecule has 2 aromatic heterocycles. The third kappa shape index (κ3) is 19.5. The molecule has 18 nitrogen and oxygen atoms in total. The molecule has 18 heteroatoms. The lowest BCUT2D eigenvalue weighted by atomic mass is 10.1. The van der Waals surface area contributed by atoms with Crippen LogP contribution in [-0.2, 0) is 71.8 Å². The average Bonchev–Trinajstić information content (AvgIpc) is 3.16. The van der Waals surface area contributed by atoms with Crippen molar-refractivity contribution in [1.29, 1.82) is 0 Å². The number of esters is 3. The number of methoxy groups -OCH3 is 2. The number of hydrogen-bond acceptors (Lipinski definition) is 16. The number of rotatable bonds is 15. The number of pyridine rings is 2. The van der Waals surface area contributed by atoms with Crippen LogP contribution >= 0.6 is 0 Å². The zero-order valence-electron chi connectivity index (χ0n) is 34.3. The van der Waals surface area contributed by atoms with Crippen molar-refractivity contribution in [2.75, 3.05) is 48.1 Å². The van der Waals surface area contributed by atoms with E-state index in [1.807, 2.05) is 18.4 Å². The molecule has 2 rings (SSSR count). The van der Waals surface area contributed by atoms with Gasteiger partial charge in [0.25, 0.3) is 0 Å². The zero-order valence-corrected chi connectivity index (χ0v) is 34.3. The van der Waals surface area contributed by atoms with E-state index in [0.29, 0.717) is 30.5 Å². The fraction of sp³-hybridized carbons (Fsp3) is 0.526. The van der Waals surface area contributed by atoms with Crippen LogP contribution in [0, 0.1) is 13.8 Å². The average molecular weight is 794 g/mol. The predicted molar refractivity (Wildman–Crippen MR) is 199 cm³/mol. The fourth-order valence-corrected chi connectivity index (χ4v) is 4.53. The summed E-state index contributed by atoms with van der Waals surface area (Å²) >= 11 is 0. The molecule has 0 aliphatic carbocycles. The van der Waals surface area contributed by atoms with Gasteiger partial charge in [0.15, 0.2) is 22.9 Å². The van der Waals surface area contributed by atoms with Crippen molar-refractivity contribution in [1.82, 2.24) is 14.5 Å². The molecule has 1 N–H and O–H groups in total. The number of carbonyl (C=O) groups is 4. The minimum Gasteiger partial charge on any atom is -0.462 e. The Morgan fingerprint density at radius 1 is 0.768 bits per heavy atom. The van der Waals surface area contributed by atoms with Crippen molar-refractivity contribution < 1.29 is 62.0 Å². The molecule has 0 aromatic carbocycles. The van der Waals surface area contributed by atoms with Crippen LogP contribution in [-0.4, -0.2) is 105 Å². The second kappa shape index (κ2) is 31.5. The largest absolute Gasteiger partial charge is 0.462 e. The first-order chi connectivity index (χ1) is 26.5.